The van der Waals surface area contributed by atoms with Gasteiger partial charge in [-0.3, -0.25) is 4.79 Å². The van der Waals surface area contributed by atoms with Crippen LogP contribution in [0.15, 0.2) is 30.4 Å². The zero-order chi connectivity index (χ0) is 18.0. The van der Waals surface area contributed by atoms with Crippen molar-refractivity contribution in [3.05, 3.63) is 35.9 Å². The van der Waals surface area contributed by atoms with E-state index in [1.54, 1.807) is 32.4 Å². The maximum atomic E-state index is 12.4. The standard InChI is InChI=1S/C18H21NO6/c1-23-11-4-3-10(9-14(11)24-2)7-8-19-17(20)15-12-5-6-13(25-12)16(15)18(21)22/h3-6,9,12-13,15-16H,7-8H2,1-2H3,(H,19,20)(H,21,22)/p-1/t12-,13+,15+,16-/m0/s1. The van der Waals surface area contributed by atoms with E-state index in [0.717, 1.165) is 5.56 Å². The monoisotopic (exact) mass is 346 g/mol. The van der Waals surface area contributed by atoms with Crippen LogP contribution in [-0.2, 0) is 20.7 Å². The number of nitrogens with one attached hydrogen (secondary N) is 1. The van der Waals surface area contributed by atoms with Gasteiger partial charge in [0.2, 0.25) is 5.91 Å². The van der Waals surface area contributed by atoms with Crippen molar-refractivity contribution in [3.8, 4) is 11.5 Å². The third-order valence-corrected chi connectivity index (χ3v) is 4.64. The van der Waals surface area contributed by atoms with Gasteiger partial charge in [0.05, 0.1) is 32.3 Å². The lowest BCUT2D eigenvalue weighted by molar-refractivity contribution is -0.313. The van der Waals surface area contributed by atoms with E-state index in [1.165, 1.54) is 0 Å². The molecule has 3 rings (SSSR count). The second kappa shape index (κ2) is 7.14. The van der Waals surface area contributed by atoms with E-state index in [0.29, 0.717) is 24.5 Å². The molecule has 2 aliphatic rings. The van der Waals surface area contributed by atoms with Gasteiger partial charge < -0.3 is 29.4 Å². The van der Waals surface area contributed by atoms with E-state index in [2.05, 4.69) is 5.32 Å². The van der Waals surface area contributed by atoms with Crippen LogP contribution in [0.25, 0.3) is 0 Å². The minimum atomic E-state index is -1.25. The van der Waals surface area contributed by atoms with Crippen molar-refractivity contribution in [2.24, 2.45) is 11.8 Å². The molecule has 0 saturated carbocycles. The Morgan fingerprint density at radius 1 is 1.12 bits per heavy atom. The number of benzene rings is 1. The Balaban J connectivity index is 1.58. The number of amides is 1. The van der Waals surface area contributed by atoms with Gasteiger partial charge in [0.25, 0.3) is 0 Å². The molecule has 1 aromatic rings. The minimum Gasteiger partial charge on any atom is -0.550 e. The summed E-state index contributed by atoms with van der Waals surface area (Å²) in [7, 11) is 3.13. The van der Waals surface area contributed by atoms with Gasteiger partial charge in [-0.25, -0.2) is 0 Å². The molecule has 25 heavy (non-hydrogen) atoms. The van der Waals surface area contributed by atoms with E-state index in [1.807, 2.05) is 12.1 Å². The van der Waals surface area contributed by atoms with Crippen molar-refractivity contribution in [2.75, 3.05) is 20.8 Å². The summed E-state index contributed by atoms with van der Waals surface area (Å²) in [4.78, 5) is 23.7. The maximum Gasteiger partial charge on any atom is 0.226 e. The van der Waals surface area contributed by atoms with Crippen LogP contribution < -0.4 is 19.9 Å². The highest BCUT2D eigenvalue weighted by atomic mass is 16.5. The largest absolute Gasteiger partial charge is 0.550 e. The van der Waals surface area contributed by atoms with E-state index < -0.39 is 30.0 Å². The van der Waals surface area contributed by atoms with Crippen molar-refractivity contribution in [2.45, 2.75) is 18.6 Å². The van der Waals surface area contributed by atoms with Gasteiger partial charge in [-0.2, -0.15) is 0 Å². The van der Waals surface area contributed by atoms with Crippen LogP contribution in [0.2, 0.25) is 0 Å². The third kappa shape index (κ3) is 3.32. The summed E-state index contributed by atoms with van der Waals surface area (Å²) in [5, 5.41) is 14.1. The number of fused-ring (bicyclic) bond motifs is 2. The maximum absolute atomic E-state index is 12.4. The highest BCUT2D eigenvalue weighted by Gasteiger charge is 2.50. The zero-order valence-corrected chi connectivity index (χ0v) is 14.1. The molecule has 4 atom stereocenters. The number of carbonyl (C=O) groups excluding carboxylic acids is 2. The average Bonchev–Trinajstić information content (AvgIpc) is 3.22. The van der Waals surface area contributed by atoms with Crippen molar-refractivity contribution in [1.29, 1.82) is 0 Å². The zero-order valence-electron chi connectivity index (χ0n) is 14.1. The summed E-state index contributed by atoms with van der Waals surface area (Å²) in [6.45, 7) is 0.381. The lowest BCUT2D eigenvalue weighted by atomic mass is 9.82. The first kappa shape index (κ1) is 17.3. The lowest BCUT2D eigenvalue weighted by Crippen LogP contribution is -2.47. The Morgan fingerprint density at radius 2 is 1.80 bits per heavy atom. The highest BCUT2D eigenvalue weighted by Crippen LogP contribution is 2.38. The average molecular weight is 346 g/mol. The van der Waals surface area contributed by atoms with E-state index >= 15 is 0 Å². The molecule has 2 bridgehead atoms. The van der Waals surface area contributed by atoms with Gasteiger partial charge in [-0.15, -0.1) is 0 Å². The minimum absolute atomic E-state index is 0.327. The molecule has 0 aromatic heterocycles. The second-order valence-electron chi connectivity index (χ2n) is 6.05. The molecule has 7 heteroatoms. The first-order valence-electron chi connectivity index (χ1n) is 8.08. The van der Waals surface area contributed by atoms with Gasteiger partial charge in [0.15, 0.2) is 11.5 Å². The van der Waals surface area contributed by atoms with E-state index in [4.69, 9.17) is 14.2 Å². The number of carbonyl (C=O) groups is 2. The number of carboxylic acids is 1. The summed E-state index contributed by atoms with van der Waals surface area (Å²) in [5.74, 6) is -2.00. The second-order valence-corrected chi connectivity index (χ2v) is 6.05. The summed E-state index contributed by atoms with van der Waals surface area (Å²) in [6, 6.07) is 5.54. The molecular formula is C18H20NO6-. The van der Waals surface area contributed by atoms with Crippen LogP contribution in [0.3, 0.4) is 0 Å². The van der Waals surface area contributed by atoms with Gasteiger partial charge >= 0.3 is 0 Å². The number of hydrogen-bond donors (Lipinski definition) is 1. The Labute approximate surface area is 145 Å². The van der Waals surface area contributed by atoms with Crippen molar-refractivity contribution < 1.29 is 28.9 Å². The number of hydrogen-bond acceptors (Lipinski definition) is 6. The van der Waals surface area contributed by atoms with Gasteiger partial charge in [-0.1, -0.05) is 18.2 Å². The molecule has 134 valence electrons. The van der Waals surface area contributed by atoms with Crippen LogP contribution in [0.1, 0.15) is 5.56 Å². The first-order valence-corrected chi connectivity index (χ1v) is 8.08. The summed E-state index contributed by atoms with van der Waals surface area (Å²) >= 11 is 0. The molecule has 0 unspecified atom stereocenters. The Hall–Kier alpha value is -2.54. The predicted molar refractivity (Wildman–Crippen MR) is 86.0 cm³/mol. The fourth-order valence-electron chi connectivity index (χ4n) is 3.39. The molecule has 7 nitrogen and oxygen atoms in total. The van der Waals surface area contributed by atoms with Gasteiger partial charge in [0.1, 0.15) is 0 Å². The quantitative estimate of drug-likeness (QED) is 0.680. The molecule has 2 heterocycles. The van der Waals surface area contributed by atoms with Crippen LogP contribution in [-0.4, -0.2) is 44.8 Å². The summed E-state index contributed by atoms with van der Waals surface area (Å²) in [6.07, 6.45) is 2.94. The van der Waals surface area contributed by atoms with Crippen LogP contribution in [0, 0.1) is 11.8 Å². The SMILES string of the molecule is COc1ccc(CCNC(=O)[C@H]2[C@@H](C(=O)[O-])[C@H]3C=C[C@@H]2O3)cc1OC. The highest BCUT2D eigenvalue weighted by molar-refractivity contribution is 5.86. The molecule has 1 fully saturated rings. The van der Waals surface area contributed by atoms with Crippen molar-refractivity contribution in [3.63, 3.8) is 0 Å². The van der Waals surface area contributed by atoms with Crippen molar-refractivity contribution >= 4 is 11.9 Å². The van der Waals surface area contributed by atoms with Crippen LogP contribution in [0.4, 0.5) is 0 Å². The molecule has 0 aliphatic carbocycles. The van der Waals surface area contributed by atoms with E-state index in [9.17, 15) is 14.7 Å². The number of methoxy groups -OCH3 is 2. The number of ether oxygens (including phenoxy) is 3. The van der Waals surface area contributed by atoms with Crippen LogP contribution in [0.5, 0.6) is 11.5 Å². The van der Waals surface area contributed by atoms with Crippen molar-refractivity contribution in [1.82, 2.24) is 5.32 Å². The third-order valence-electron chi connectivity index (χ3n) is 4.64. The van der Waals surface area contributed by atoms with Crippen LogP contribution >= 0.6 is 0 Å². The van der Waals surface area contributed by atoms with Gasteiger partial charge in [-0.05, 0) is 24.1 Å². The molecule has 1 saturated heterocycles. The summed E-state index contributed by atoms with van der Waals surface area (Å²) < 4.78 is 15.9. The Morgan fingerprint density at radius 3 is 2.44 bits per heavy atom. The number of carboxylic acid groups (broad SMARTS) is 1. The molecule has 0 spiro atoms. The predicted octanol–water partition coefficient (Wildman–Crippen LogP) is -0.318. The number of aliphatic carboxylic acids is 1. The molecule has 2 aliphatic heterocycles. The summed E-state index contributed by atoms with van der Waals surface area (Å²) in [5.41, 5.74) is 0.971. The first-order chi connectivity index (χ1) is 12.0. The molecule has 0 radical (unpaired) electrons. The fourth-order valence-corrected chi connectivity index (χ4v) is 3.39. The Kier molecular flexibility index (Phi) is 4.94. The van der Waals surface area contributed by atoms with E-state index in [-0.39, 0.29) is 5.91 Å². The molecule has 1 aromatic carbocycles. The number of rotatable bonds is 7. The smallest absolute Gasteiger partial charge is 0.226 e. The fraction of sp³-hybridized carbons (Fsp3) is 0.444. The molecular weight excluding hydrogens is 326 g/mol. The van der Waals surface area contributed by atoms with Gasteiger partial charge in [0, 0.05) is 18.4 Å². The Bertz CT molecular complexity index is 701. The topological polar surface area (TPSA) is 96.9 Å². The normalized spacial score (nSPS) is 26.5. The molecule has 1 amide bonds. The lowest BCUT2D eigenvalue weighted by Gasteiger charge is -2.25. The molecule has 1 N–H and O–H groups in total.